The van der Waals surface area contributed by atoms with Crippen molar-refractivity contribution < 1.29 is 14.3 Å². The lowest BCUT2D eigenvalue weighted by Crippen LogP contribution is -2.04. The van der Waals surface area contributed by atoms with Crippen molar-refractivity contribution >= 4 is 28.8 Å². The molecule has 102 valence electrons. The predicted molar refractivity (Wildman–Crippen MR) is 74.6 cm³/mol. The Bertz CT molecular complexity index is 568. The highest BCUT2D eigenvalue weighted by molar-refractivity contribution is 7.99. The molecule has 0 aliphatic heterocycles. The summed E-state index contributed by atoms with van der Waals surface area (Å²) in [6, 6.07) is 5.67. The molecule has 5 nitrogen and oxygen atoms in total. The number of benzene rings is 1. The van der Waals surface area contributed by atoms with Crippen LogP contribution in [0.2, 0.25) is 0 Å². The summed E-state index contributed by atoms with van der Waals surface area (Å²) >= 11 is 1.51. The van der Waals surface area contributed by atoms with Crippen LogP contribution in [-0.2, 0) is 9.53 Å². The summed E-state index contributed by atoms with van der Waals surface area (Å²) in [4.78, 5) is 18.8. The number of hydrogen-bond acceptors (Lipinski definition) is 5. The number of methoxy groups -OCH3 is 1. The maximum Gasteiger partial charge on any atom is 0.306 e. The van der Waals surface area contributed by atoms with E-state index in [2.05, 4.69) is 9.97 Å². The van der Waals surface area contributed by atoms with Gasteiger partial charge in [0.15, 0.2) is 5.16 Å². The fraction of sp³-hybridized carbons (Fsp3) is 0.385. The molecule has 2 rings (SSSR count). The first kappa shape index (κ1) is 13.7. The van der Waals surface area contributed by atoms with Crippen LogP contribution >= 0.6 is 11.8 Å². The van der Waals surface area contributed by atoms with Gasteiger partial charge < -0.3 is 14.5 Å². The molecular formula is C13H16N2O3S. The third-order valence-corrected chi connectivity index (χ3v) is 3.39. The van der Waals surface area contributed by atoms with Crippen LogP contribution < -0.4 is 4.74 Å². The van der Waals surface area contributed by atoms with E-state index in [0.29, 0.717) is 18.8 Å². The van der Waals surface area contributed by atoms with E-state index < -0.39 is 0 Å². The number of carbonyl (C=O) groups excluding carboxylic acids is 1. The lowest BCUT2D eigenvalue weighted by molar-refractivity contribution is -0.142. The molecule has 19 heavy (non-hydrogen) atoms. The smallest absolute Gasteiger partial charge is 0.306 e. The molecule has 0 saturated heterocycles. The topological polar surface area (TPSA) is 64.2 Å². The molecule has 1 aromatic carbocycles. The first-order valence-electron chi connectivity index (χ1n) is 6.05. The number of aromatic nitrogens is 2. The number of fused-ring (bicyclic) bond motifs is 1. The van der Waals surface area contributed by atoms with Gasteiger partial charge in [-0.2, -0.15) is 0 Å². The van der Waals surface area contributed by atoms with Crippen LogP contribution in [0.1, 0.15) is 13.3 Å². The highest BCUT2D eigenvalue weighted by atomic mass is 32.2. The minimum atomic E-state index is -0.173. The first-order chi connectivity index (χ1) is 9.22. The molecule has 0 amide bonds. The summed E-state index contributed by atoms with van der Waals surface area (Å²) in [7, 11) is 1.63. The molecule has 0 unspecified atom stereocenters. The number of ether oxygens (including phenoxy) is 2. The Balaban J connectivity index is 1.96. The summed E-state index contributed by atoms with van der Waals surface area (Å²) in [6.07, 6.45) is 0.388. The third kappa shape index (κ3) is 3.64. The SMILES string of the molecule is CCOC(=O)CCSc1nc2ccc(OC)cc2[nH]1. The Labute approximate surface area is 115 Å². The van der Waals surface area contributed by atoms with Gasteiger partial charge in [0.05, 0.1) is 31.2 Å². The van der Waals surface area contributed by atoms with E-state index in [9.17, 15) is 4.79 Å². The van der Waals surface area contributed by atoms with Crippen LogP contribution in [0.25, 0.3) is 11.0 Å². The molecule has 0 spiro atoms. The molecule has 0 aliphatic carbocycles. The summed E-state index contributed by atoms with van der Waals surface area (Å²) in [5.41, 5.74) is 1.82. The van der Waals surface area contributed by atoms with Crippen LogP contribution in [-0.4, -0.2) is 35.4 Å². The van der Waals surface area contributed by atoms with Crippen LogP contribution in [0.4, 0.5) is 0 Å². The molecule has 6 heteroatoms. The quantitative estimate of drug-likeness (QED) is 0.651. The minimum absolute atomic E-state index is 0.173. The molecule has 2 aromatic rings. The number of H-pyrrole nitrogens is 1. The summed E-state index contributed by atoms with van der Waals surface area (Å²) < 4.78 is 10.0. The standard InChI is InChI=1S/C13H16N2O3S/c1-3-18-12(16)6-7-19-13-14-10-5-4-9(17-2)8-11(10)15-13/h4-5,8H,3,6-7H2,1-2H3,(H,14,15). The van der Waals surface area contributed by atoms with E-state index in [0.717, 1.165) is 21.9 Å². The third-order valence-electron chi connectivity index (χ3n) is 2.52. The van der Waals surface area contributed by atoms with Crippen LogP contribution in [0.3, 0.4) is 0 Å². The first-order valence-corrected chi connectivity index (χ1v) is 7.03. The van der Waals surface area contributed by atoms with Gasteiger partial charge in [0, 0.05) is 11.8 Å². The predicted octanol–water partition coefficient (Wildman–Crippen LogP) is 2.62. The van der Waals surface area contributed by atoms with Gasteiger partial charge in [-0.1, -0.05) is 11.8 Å². The van der Waals surface area contributed by atoms with Crippen LogP contribution in [0.15, 0.2) is 23.4 Å². The van der Waals surface area contributed by atoms with E-state index in [-0.39, 0.29) is 5.97 Å². The van der Waals surface area contributed by atoms with E-state index in [1.54, 1.807) is 14.0 Å². The Morgan fingerprint density at radius 1 is 1.47 bits per heavy atom. The number of imidazole rings is 1. The van der Waals surface area contributed by atoms with Gasteiger partial charge in [-0.05, 0) is 19.1 Å². The van der Waals surface area contributed by atoms with Crippen molar-refractivity contribution in [3.8, 4) is 5.75 Å². The fourth-order valence-corrected chi connectivity index (χ4v) is 2.43. The molecule has 1 aromatic heterocycles. The van der Waals surface area contributed by atoms with E-state index in [4.69, 9.17) is 9.47 Å². The Morgan fingerprint density at radius 3 is 3.05 bits per heavy atom. The maximum absolute atomic E-state index is 11.2. The molecule has 0 bridgehead atoms. The Kier molecular flexibility index (Phi) is 4.68. The number of esters is 1. The Morgan fingerprint density at radius 2 is 2.32 bits per heavy atom. The van der Waals surface area contributed by atoms with Crippen molar-refractivity contribution in [1.82, 2.24) is 9.97 Å². The average Bonchev–Trinajstić information content (AvgIpc) is 2.80. The normalized spacial score (nSPS) is 10.6. The average molecular weight is 280 g/mol. The second kappa shape index (κ2) is 6.47. The van der Waals surface area contributed by atoms with Crippen molar-refractivity contribution in [2.45, 2.75) is 18.5 Å². The van der Waals surface area contributed by atoms with Crippen molar-refractivity contribution in [3.05, 3.63) is 18.2 Å². The molecule has 0 atom stereocenters. The second-order valence-electron chi connectivity index (χ2n) is 3.83. The summed E-state index contributed by atoms with van der Waals surface area (Å²) in [5.74, 6) is 1.27. The molecule has 0 aliphatic rings. The molecule has 0 radical (unpaired) electrons. The summed E-state index contributed by atoms with van der Waals surface area (Å²) in [6.45, 7) is 2.23. The number of thioether (sulfide) groups is 1. The lowest BCUT2D eigenvalue weighted by Gasteiger charge is -1.99. The van der Waals surface area contributed by atoms with Gasteiger partial charge in [-0.3, -0.25) is 4.79 Å². The summed E-state index contributed by atoms with van der Waals surface area (Å²) in [5, 5.41) is 0.799. The molecular weight excluding hydrogens is 264 g/mol. The maximum atomic E-state index is 11.2. The van der Waals surface area contributed by atoms with Crippen molar-refractivity contribution in [3.63, 3.8) is 0 Å². The number of nitrogens with zero attached hydrogens (tertiary/aromatic N) is 1. The highest BCUT2D eigenvalue weighted by Crippen LogP contribution is 2.23. The number of hydrogen-bond donors (Lipinski definition) is 1. The highest BCUT2D eigenvalue weighted by Gasteiger charge is 2.06. The number of aromatic amines is 1. The van der Waals surface area contributed by atoms with E-state index in [1.807, 2.05) is 18.2 Å². The molecule has 1 heterocycles. The van der Waals surface area contributed by atoms with Gasteiger partial charge >= 0.3 is 5.97 Å². The zero-order chi connectivity index (χ0) is 13.7. The number of nitrogens with one attached hydrogen (secondary N) is 1. The van der Waals surface area contributed by atoms with Gasteiger partial charge in [-0.25, -0.2) is 4.98 Å². The largest absolute Gasteiger partial charge is 0.497 e. The van der Waals surface area contributed by atoms with E-state index >= 15 is 0 Å². The number of carbonyl (C=O) groups is 1. The molecule has 0 saturated carbocycles. The monoisotopic (exact) mass is 280 g/mol. The van der Waals surface area contributed by atoms with Gasteiger partial charge in [-0.15, -0.1) is 0 Å². The van der Waals surface area contributed by atoms with Crippen molar-refractivity contribution in [2.24, 2.45) is 0 Å². The minimum Gasteiger partial charge on any atom is -0.497 e. The Hall–Kier alpha value is -1.69. The fourth-order valence-electron chi connectivity index (χ4n) is 1.62. The van der Waals surface area contributed by atoms with Gasteiger partial charge in [0.1, 0.15) is 5.75 Å². The molecule has 1 N–H and O–H groups in total. The number of rotatable bonds is 6. The molecule has 0 fully saturated rings. The van der Waals surface area contributed by atoms with Gasteiger partial charge in [0.2, 0.25) is 0 Å². The second-order valence-corrected chi connectivity index (χ2v) is 4.91. The van der Waals surface area contributed by atoms with Crippen molar-refractivity contribution in [1.29, 1.82) is 0 Å². The van der Waals surface area contributed by atoms with Crippen LogP contribution in [0, 0.1) is 0 Å². The van der Waals surface area contributed by atoms with E-state index in [1.165, 1.54) is 11.8 Å². The lowest BCUT2D eigenvalue weighted by atomic mass is 10.3. The zero-order valence-corrected chi connectivity index (χ0v) is 11.8. The van der Waals surface area contributed by atoms with Gasteiger partial charge in [0.25, 0.3) is 0 Å². The zero-order valence-electron chi connectivity index (χ0n) is 10.9. The van der Waals surface area contributed by atoms with Crippen molar-refractivity contribution in [2.75, 3.05) is 19.5 Å². The van der Waals surface area contributed by atoms with Crippen LogP contribution in [0.5, 0.6) is 5.75 Å².